The number of amides is 1. The molecule has 1 atom stereocenters. The van der Waals surface area contributed by atoms with Crippen molar-refractivity contribution >= 4 is 27.6 Å². The third-order valence-electron chi connectivity index (χ3n) is 3.39. The molecular formula is C16H24N2O5S. The van der Waals surface area contributed by atoms with Crippen molar-refractivity contribution in [1.82, 2.24) is 4.72 Å². The Balaban J connectivity index is 2.77. The number of carboxylic acid groups (broad SMARTS) is 1. The van der Waals surface area contributed by atoms with E-state index in [0.29, 0.717) is 18.5 Å². The van der Waals surface area contributed by atoms with Crippen LogP contribution in [0.4, 0.5) is 5.69 Å². The van der Waals surface area contributed by atoms with Gasteiger partial charge in [-0.2, -0.15) is 0 Å². The topological polar surface area (TPSA) is 113 Å². The van der Waals surface area contributed by atoms with E-state index in [1.54, 1.807) is 6.92 Å². The number of benzene rings is 1. The Bertz CT molecular complexity index is 668. The second-order valence-electron chi connectivity index (χ2n) is 5.94. The lowest BCUT2D eigenvalue weighted by atomic mass is 9.98. The first-order valence-electron chi connectivity index (χ1n) is 7.78. The summed E-state index contributed by atoms with van der Waals surface area (Å²) in [5.74, 6) is -1.81. The van der Waals surface area contributed by atoms with E-state index in [4.69, 9.17) is 5.11 Å². The molecule has 0 radical (unpaired) electrons. The van der Waals surface area contributed by atoms with Gasteiger partial charge in [0.25, 0.3) is 0 Å². The Hall–Kier alpha value is -1.93. The predicted octanol–water partition coefficient (Wildman–Crippen LogP) is 2.06. The van der Waals surface area contributed by atoms with E-state index in [1.807, 2.05) is 13.8 Å². The Morgan fingerprint density at radius 1 is 1.17 bits per heavy atom. The summed E-state index contributed by atoms with van der Waals surface area (Å²) in [4.78, 5) is 22.5. The van der Waals surface area contributed by atoms with Crippen LogP contribution in [0.15, 0.2) is 29.2 Å². The number of carboxylic acids is 1. The predicted molar refractivity (Wildman–Crippen MR) is 91.1 cm³/mol. The molecule has 1 aromatic carbocycles. The van der Waals surface area contributed by atoms with Crippen LogP contribution in [-0.4, -0.2) is 31.9 Å². The van der Waals surface area contributed by atoms with Gasteiger partial charge in [0.1, 0.15) is 0 Å². The number of hydrogen-bond donors (Lipinski definition) is 3. The smallest absolute Gasteiger partial charge is 0.307 e. The molecule has 7 nitrogen and oxygen atoms in total. The summed E-state index contributed by atoms with van der Waals surface area (Å²) in [6.45, 7) is 5.32. The number of rotatable bonds is 9. The van der Waals surface area contributed by atoms with Crippen LogP contribution in [-0.2, 0) is 19.6 Å². The monoisotopic (exact) mass is 356 g/mol. The van der Waals surface area contributed by atoms with E-state index in [2.05, 4.69) is 10.0 Å². The lowest BCUT2D eigenvalue weighted by Gasteiger charge is -2.15. The van der Waals surface area contributed by atoms with Crippen molar-refractivity contribution in [2.24, 2.45) is 11.8 Å². The molecule has 8 heteroatoms. The molecule has 0 saturated carbocycles. The molecule has 0 bridgehead atoms. The SMILES string of the molecule is CCC(=O)Nc1ccc(S(=O)(=O)NCC(CC(C)C)C(=O)O)cc1. The number of sulfonamides is 1. The van der Waals surface area contributed by atoms with E-state index >= 15 is 0 Å². The van der Waals surface area contributed by atoms with E-state index in [1.165, 1.54) is 24.3 Å². The minimum absolute atomic E-state index is 0.0192. The standard InChI is InChI=1S/C16H24N2O5S/c1-4-15(19)18-13-5-7-14(8-6-13)24(22,23)17-10-12(16(20)21)9-11(2)3/h5-8,11-12,17H,4,9-10H2,1-3H3,(H,18,19)(H,20,21). The van der Waals surface area contributed by atoms with Gasteiger partial charge in [0.2, 0.25) is 15.9 Å². The van der Waals surface area contributed by atoms with Gasteiger partial charge in [0.15, 0.2) is 0 Å². The minimum atomic E-state index is -3.80. The molecule has 24 heavy (non-hydrogen) atoms. The molecule has 0 spiro atoms. The lowest BCUT2D eigenvalue weighted by molar-refractivity contribution is -0.142. The highest BCUT2D eigenvalue weighted by Crippen LogP contribution is 2.16. The second-order valence-corrected chi connectivity index (χ2v) is 7.71. The first kappa shape index (κ1) is 20.1. The summed E-state index contributed by atoms with van der Waals surface area (Å²) in [5, 5.41) is 11.8. The Labute approximate surface area is 142 Å². The average molecular weight is 356 g/mol. The van der Waals surface area contributed by atoms with E-state index in [9.17, 15) is 18.0 Å². The summed E-state index contributed by atoms with van der Waals surface area (Å²) in [5.41, 5.74) is 0.504. The van der Waals surface area contributed by atoms with Crippen molar-refractivity contribution in [3.8, 4) is 0 Å². The van der Waals surface area contributed by atoms with Gasteiger partial charge in [-0.05, 0) is 36.6 Å². The highest BCUT2D eigenvalue weighted by Gasteiger charge is 2.22. The van der Waals surface area contributed by atoms with Gasteiger partial charge in [-0.3, -0.25) is 9.59 Å². The highest BCUT2D eigenvalue weighted by molar-refractivity contribution is 7.89. The van der Waals surface area contributed by atoms with Crippen LogP contribution in [0.2, 0.25) is 0 Å². The zero-order valence-corrected chi connectivity index (χ0v) is 14.9. The van der Waals surface area contributed by atoms with Gasteiger partial charge in [0.05, 0.1) is 10.8 Å². The van der Waals surface area contributed by atoms with Crippen LogP contribution < -0.4 is 10.0 Å². The fourth-order valence-electron chi connectivity index (χ4n) is 2.10. The molecule has 1 rings (SSSR count). The van der Waals surface area contributed by atoms with Gasteiger partial charge in [-0.1, -0.05) is 20.8 Å². The second kappa shape index (κ2) is 8.79. The number of anilines is 1. The molecule has 1 unspecified atom stereocenters. The Morgan fingerprint density at radius 2 is 1.75 bits per heavy atom. The van der Waals surface area contributed by atoms with Crippen LogP contribution in [0.1, 0.15) is 33.6 Å². The number of hydrogen-bond acceptors (Lipinski definition) is 4. The maximum Gasteiger partial charge on any atom is 0.307 e. The molecule has 0 fully saturated rings. The van der Waals surface area contributed by atoms with Crippen LogP contribution in [0.25, 0.3) is 0 Å². The van der Waals surface area contributed by atoms with E-state index < -0.39 is 21.9 Å². The average Bonchev–Trinajstić information content (AvgIpc) is 2.51. The molecule has 0 saturated heterocycles. The number of carbonyl (C=O) groups excluding carboxylic acids is 1. The third kappa shape index (κ3) is 6.29. The lowest BCUT2D eigenvalue weighted by Crippen LogP contribution is -2.33. The zero-order valence-electron chi connectivity index (χ0n) is 14.1. The van der Waals surface area contributed by atoms with Crippen molar-refractivity contribution in [3.63, 3.8) is 0 Å². The minimum Gasteiger partial charge on any atom is -0.481 e. The van der Waals surface area contributed by atoms with E-state index in [-0.39, 0.29) is 23.3 Å². The van der Waals surface area contributed by atoms with Gasteiger partial charge in [-0.15, -0.1) is 0 Å². The van der Waals surface area contributed by atoms with E-state index in [0.717, 1.165) is 0 Å². The molecule has 1 aromatic rings. The number of aliphatic carboxylic acids is 1. The zero-order chi connectivity index (χ0) is 18.3. The van der Waals surface area contributed by atoms with Crippen LogP contribution in [0.3, 0.4) is 0 Å². The summed E-state index contributed by atoms with van der Waals surface area (Å²) in [6.07, 6.45) is 0.716. The first-order chi connectivity index (χ1) is 11.2. The van der Waals surface area contributed by atoms with Crippen molar-refractivity contribution in [2.75, 3.05) is 11.9 Å². The number of carbonyl (C=O) groups is 2. The molecular weight excluding hydrogens is 332 g/mol. The normalized spacial score (nSPS) is 12.8. The van der Waals surface area contributed by atoms with Gasteiger partial charge in [-0.25, -0.2) is 13.1 Å². The fourth-order valence-corrected chi connectivity index (χ4v) is 3.18. The van der Waals surface area contributed by atoms with Crippen molar-refractivity contribution < 1.29 is 23.1 Å². The molecule has 0 aromatic heterocycles. The molecule has 0 heterocycles. The number of nitrogens with one attached hydrogen (secondary N) is 2. The molecule has 3 N–H and O–H groups in total. The Morgan fingerprint density at radius 3 is 2.21 bits per heavy atom. The van der Waals surface area contributed by atoms with Crippen LogP contribution in [0, 0.1) is 11.8 Å². The summed E-state index contributed by atoms with van der Waals surface area (Å²) < 4.78 is 26.8. The van der Waals surface area contributed by atoms with Crippen molar-refractivity contribution in [1.29, 1.82) is 0 Å². The molecule has 0 aliphatic heterocycles. The maximum absolute atomic E-state index is 12.2. The quantitative estimate of drug-likeness (QED) is 0.627. The fraction of sp³-hybridized carbons (Fsp3) is 0.500. The van der Waals surface area contributed by atoms with Crippen LogP contribution in [0.5, 0.6) is 0 Å². The Kier molecular flexibility index (Phi) is 7.37. The molecule has 1 amide bonds. The van der Waals surface area contributed by atoms with Crippen molar-refractivity contribution in [3.05, 3.63) is 24.3 Å². The van der Waals surface area contributed by atoms with Gasteiger partial charge < -0.3 is 10.4 Å². The van der Waals surface area contributed by atoms with Crippen LogP contribution >= 0.6 is 0 Å². The third-order valence-corrected chi connectivity index (χ3v) is 4.83. The summed E-state index contributed by atoms with van der Waals surface area (Å²) in [6, 6.07) is 5.72. The molecule has 0 aliphatic rings. The maximum atomic E-state index is 12.2. The first-order valence-corrected chi connectivity index (χ1v) is 9.26. The summed E-state index contributed by atoms with van der Waals surface area (Å²) in [7, 11) is -3.80. The van der Waals surface area contributed by atoms with Gasteiger partial charge >= 0.3 is 5.97 Å². The highest BCUT2D eigenvalue weighted by atomic mass is 32.2. The largest absolute Gasteiger partial charge is 0.481 e. The molecule has 0 aliphatic carbocycles. The van der Waals surface area contributed by atoms with Crippen molar-refractivity contribution in [2.45, 2.75) is 38.5 Å². The van der Waals surface area contributed by atoms with Gasteiger partial charge in [0, 0.05) is 18.7 Å². The summed E-state index contributed by atoms with van der Waals surface area (Å²) >= 11 is 0. The molecule has 134 valence electrons.